The van der Waals surface area contributed by atoms with Crippen molar-refractivity contribution in [3.63, 3.8) is 0 Å². The van der Waals surface area contributed by atoms with E-state index in [1.54, 1.807) is 37.5 Å². The van der Waals surface area contributed by atoms with Gasteiger partial charge in [-0.1, -0.05) is 33.3 Å². The number of nitrogens with one attached hydrogen (secondary N) is 1. The van der Waals surface area contributed by atoms with Crippen molar-refractivity contribution in [2.45, 2.75) is 40.0 Å². The van der Waals surface area contributed by atoms with Crippen LogP contribution >= 0.6 is 0 Å². The predicted molar refractivity (Wildman–Crippen MR) is 140 cm³/mol. The second kappa shape index (κ2) is 14.1. The fraction of sp³-hybridized carbons (Fsp3) is 0.444. The van der Waals surface area contributed by atoms with Gasteiger partial charge in [-0.05, 0) is 44.1 Å². The largest absolute Gasteiger partial charge is 0.493 e. The summed E-state index contributed by atoms with van der Waals surface area (Å²) >= 11 is 0. The van der Waals surface area contributed by atoms with E-state index in [-0.39, 0.29) is 11.8 Å². The number of aromatic nitrogens is 3. The Hall–Kier alpha value is -3.59. The molecular weight excluding hydrogens is 458 g/mol. The van der Waals surface area contributed by atoms with Gasteiger partial charge < -0.3 is 24.4 Å². The van der Waals surface area contributed by atoms with Crippen LogP contribution in [0, 0.1) is 0 Å². The fourth-order valence-corrected chi connectivity index (χ4v) is 3.56. The molecule has 0 unspecified atom stereocenters. The monoisotopic (exact) mass is 495 g/mol. The zero-order valence-corrected chi connectivity index (χ0v) is 21.7. The van der Waals surface area contributed by atoms with E-state index >= 15 is 0 Å². The number of hydrogen-bond donors (Lipinski definition) is 1. The SMILES string of the molecule is CCCCOc1cc(OCCCN(CC)CC)ccc1NC(=O)c1cc(Oc2ccccn2)nn1C. The first-order valence-corrected chi connectivity index (χ1v) is 12.6. The maximum Gasteiger partial charge on any atom is 0.274 e. The molecule has 0 saturated carbocycles. The molecule has 0 aliphatic rings. The standard InChI is InChI=1S/C27H37N5O4/c1-5-8-17-35-24-19-21(34-18-11-16-32(6-2)7-3)13-14-22(24)29-27(33)23-20-26(30-31(23)4)36-25-12-9-10-15-28-25/h9-10,12-15,19-20H,5-8,11,16-18H2,1-4H3,(H,29,33). The lowest BCUT2D eigenvalue weighted by Gasteiger charge is -2.18. The summed E-state index contributed by atoms with van der Waals surface area (Å²) in [5, 5.41) is 7.21. The maximum absolute atomic E-state index is 13.1. The molecule has 9 nitrogen and oxygen atoms in total. The van der Waals surface area contributed by atoms with E-state index in [9.17, 15) is 4.79 Å². The summed E-state index contributed by atoms with van der Waals surface area (Å²) in [4.78, 5) is 19.6. The lowest BCUT2D eigenvalue weighted by atomic mass is 10.2. The molecule has 0 fully saturated rings. The molecule has 36 heavy (non-hydrogen) atoms. The van der Waals surface area contributed by atoms with Crippen LogP contribution in [0.4, 0.5) is 5.69 Å². The van der Waals surface area contributed by atoms with Crippen molar-refractivity contribution in [2.24, 2.45) is 7.05 Å². The van der Waals surface area contributed by atoms with Crippen LogP contribution in [0.15, 0.2) is 48.7 Å². The Morgan fingerprint density at radius 1 is 1.00 bits per heavy atom. The molecule has 0 aliphatic heterocycles. The van der Waals surface area contributed by atoms with Crippen LogP contribution < -0.4 is 19.5 Å². The highest BCUT2D eigenvalue weighted by atomic mass is 16.5. The molecule has 0 spiro atoms. The highest BCUT2D eigenvalue weighted by molar-refractivity contribution is 6.04. The van der Waals surface area contributed by atoms with Gasteiger partial charge in [-0.3, -0.25) is 9.48 Å². The minimum absolute atomic E-state index is 0.286. The van der Waals surface area contributed by atoms with Crippen molar-refractivity contribution in [2.75, 3.05) is 38.2 Å². The Morgan fingerprint density at radius 3 is 2.53 bits per heavy atom. The smallest absolute Gasteiger partial charge is 0.274 e. The Morgan fingerprint density at radius 2 is 1.81 bits per heavy atom. The summed E-state index contributed by atoms with van der Waals surface area (Å²) in [7, 11) is 1.69. The third kappa shape index (κ3) is 7.98. The van der Waals surface area contributed by atoms with Crippen molar-refractivity contribution in [3.8, 4) is 23.3 Å². The quantitative estimate of drug-likeness (QED) is 0.292. The summed E-state index contributed by atoms with van der Waals surface area (Å²) in [6.07, 6.45) is 4.50. The third-order valence-corrected chi connectivity index (χ3v) is 5.68. The average molecular weight is 496 g/mol. The third-order valence-electron chi connectivity index (χ3n) is 5.68. The van der Waals surface area contributed by atoms with Gasteiger partial charge in [0.25, 0.3) is 5.91 Å². The van der Waals surface area contributed by atoms with Crippen molar-refractivity contribution in [1.29, 1.82) is 0 Å². The number of pyridine rings is 1. The molecule has 2 heterocycles. The highest BCUT2D eigenvalue weighted by Crippen LogP contribution is 2.31. The molecule has 2 aromatic heterocycles. The van der Waals surface area contributed by atoms with Crippen molar-refractivity contribution in [1.82, 2.24) is 19.7 Å². The zero-order valence-electron chi connectivity index (χ0n) is 21.7. The number of ether oxygens (including phenoxy) is 3. The predicted octanol–water partition coefficient (Wildman–Crippen LogP) is 5.15. The number of benzene rings is 1. The number of rotatable bonds is 15. The summed E-state index contributed by atoms with van der Waals surface area (Å²) in [6, 6.07) is 12.4. The normalized spacial score (nSPS) is 10.9. The van der Waals surface area contributed by atoms with Crippen LogP contribution in [0.1, 0.15) is 50.5 Å². The zero-order chi connectivity index (χ0) is 25.8. The molecule has 0 aliphatic carbocycles. The molecule has 3 aromatic rings. The van der Waals surface area contributed by atoms with Crippen LogP contribution in [0.25, 0.3) is 0 Å². The minimum atomic E-state index is -0.325. The van der Waals surface area contributed by atoms with Gasteiger partial charge in [0.1, 0.15) is 17.2 Å². The Kier molecular flexibility index (Phi) is 10.6. The number of nitrogens with zero attached hydrogens (tertiary/aromatic N) is 4. The van der Waals surface area contributed by atoms with E-state index in [1.165, 1.54) is 4.68 Å². The minimum Gasteiger partial charge on any atom is -0.493 e. The Bertz CT molecular complexity index is 1080. The number of anilines is 1. The molecule has 0 bridgehead atoms. The van der Waals surface area contributed by atoms with Crippen LogP contribution in [-0.2, 0) is 7.05 Å². The average Bonchev–Trinajstić information content (AvgIpc) is 3.26. The molecule has 0 saturated heterocycles. The summed E-state index contributed by atoms with van der Waals surface area (Å²) in [5.41, 5.74) is 0.914. The van der Waals surface area contributed by atoms with Gasteiger partial charge in [-0.2, -0.15) is 0 Å². The second-order valence-corrected chi connectivity index (χ2v) is 8.30. The first-order valence-electron chi connectivity index (χ1n) is 12.6. The van der Waals surface area contributed by atoms with Crippen LogP contribution in [0.5, 0.6) is 23.3 Å². The van der Waals surface area contributed by atoms with E-state index in [4.69, 9.17) is 14.2 Å². The summed E-state index contributed by atoms with van der Waals surface area (Å²) < 4.78 is 19.1. The molecule has 0 atom stereocenters. The van der Waals surface area contributed by atoms with Crippen molar-refractivity contribution in [3.05, 3.63) is 54.4 Å². The first kappa shape index (κ1) is 27.0. The van der Waals surface area contributed by atoms with Gasteiger partial charge in [0.15, 0.2) is 0 Å². The first-order chi connectivity index (χ1) is 17.5. The van der Waals surface area contributed by atoms with Gasteiger partial charge >= 0.3 is 0 Å². The van der Waals surface area contributed by atoms with Gasteiger partial charge in [0, 0.05) is 38.0 Å². The van der Waals surface area contributed by atoms with Crippen molar-refractivity contribution >= 4 is 11.6 Å². The van der Waals surface area contributed by atoms with Gasteiger partial charge in [0.2, 0.25) is 11.8 Å². The maximum atomic E-state index is 13.1. The van der Waals surface area contributed by atoms with Gasteiger partial charge in [-0.15, -0.1) is 5.10 Å². The molecule has 0 radical (unpaired) electrons. The number of amides is 1. The summed E-state index contributed by atoms with van der Waals surface area (Å²) in [5.74, 6) is 1.65. The molecule has 194 valence electrons. The van der Waals surface area contributed by atoms with Crippen LogP contribution in [0.3, 0.4) is 0 Å². The lowest BCUT2D eigenvalue weighted by Crippen LogP contribution is -2.25. The number of carbonyl (C=O) groups is 1. The molecule has 1 amide bonds. The Labute approximate surface area is 213 Å². The molecule has 9 heteroatoms. The molecule has 1 aromatic carbocycles. The Balaban J connectivity index is 1.67. The molecule has 1 N–H and O–H groups in total. The van der Waals surface area contributed by atoms with E-state index in [0.717, 1.165) is 38.9 Å². The molecular formula is C27H37N5O4. The molecule has 3 rings (SSSR count). The van der Waals surface area contributed by atoms with Gasteiger partial charge in [-0.25, -0.2) is 4.98 Å². The topological polar surface area (TPSA) is 90.7 Å². The van der Waals surface area contributed by atoms with Crippen molar-refractivity contribution < 1.29 is 19.0 Å². The number of unbranched alkanes of at least 4 members (excludes halogenated alkanes) is 1. The van der Waals surface area contributed by atoms with Crippen LogP contribution in [0.2, 0.25) is 0 Å². The summed E-state index contributed by atoms with van der Waals surface area (Å²) in [6.45, 7) is 10.7. The number of hydrogen-bond acceptors (Lipinski definition) is 7. The fourth-order valence-electron chi connectivity index (χ4n) is 3.56. The number of carbonyl (C=O) groups excluding carboxylic acids is 1. The number of aryl methyl sites for hydroxylation is 1. The highest BCUT2D eigenvalue weighted by Gasteiger charge is 2.17. The lowest BCUT2D eigenvalue weighted by molar-refractivity contribution is 0.101. The van der Waals surface area contributed by atoms with E-state index < -0.39 is 0 Å². The second-order valence-electron chi connectivity index (χ2n) is 8.30. The van der Waals surface area contributed by atoms with E-state index in [1.807, 2.05) is 18.2 Å². The van der Waals surface area contributed by atoms with E-state index in [0.29, 0.717) is 42.0 Å². The van der Waals surface area contributed by atoms with E-state index in [2.05, 4.69) is 41.1 Å². The van der Waals surface area contributed by atoms with Crippen LogP contribution in [-0.4, -0.2) is 58.4 Å². The van der Waals surface area contributed by atoms with Gasteiger partial charge in [0.05, 0.1) is 18.9 Å².